The summed E-state index contributed by atoms with van der Waals surface area (Å²) in [5, 5.41) is 10.2. The zero-order valence-electron chi connectivity index (χ0n) is 5.90. The summed E-state index contributed by atoms with van der Waals surface area (Å²) in [4.78, 5) is 15.6. The molecule has 0 bridgehead atoms. The molecule has 11 heavy (non-hydrogen) atoms. The van der Waals surface area contributed by atoms with Gasteiger partial charge in [0.1, 0.15) is 0 Å². The van der Waals surface area contributed by atoms with Gasteiger partial charge in [0.05, 0.1) is 6.61 Å². The van der Waals surface area contributed by atoms with E-state index < -0.39 is 4.92 Å². The Bertz CT molecular complexity index is 257. The van der Waals surface area contributed by atoms with Crippen molar-refractivity contribution in [3.05, 3.63) is 16.4 Å². The van der Waals surface area contributed by atoms with Crippen LogP contribution in [0.25, 0.3) is 0 Å². The van der Waals surface area contributed by atoms with E-state index in [-0.39, 0.29) is 11.7 Å². The van der Waals surface area contributed by atoms with Gasteiger partial charge in [-0.2, -0.15) is 4.98 Å². The summed E-state index contributed by atoms with van der Waals surface area (Å²) in [5.41, 5.74) is 0. The molecule has 6 nitrogen and oxygen atoms in total. The van der Waals surface area contributed by atoms with Crippen molar-refractivity contribution in [2.24, 2.45) is 0 Å². The number of nitro groups is 1. The minimum atomic E-state index is -0.571. The van der Waals surface area contributed by atoms with Gasteiger partial charge >= 0.3 is 11.7 Å². The maximum Gasteiger partial charge on any atom is 0.384 e. The van der Waals surface area contributed by atoms with Gasteiger partial charge in [0, 0.05) is 0 Å². The molecule has 0 aliphatic carbocycles. The van der Waals surface area contributed by atoms with Crippen molar-refractivity contribution in [3.8, 4) is 5.88 Å². The average molecular weight is 157 g/mol. The highest BCUT2D eigenvalue weighted by atomic mass is 16.6. The molecule has 1 aromatic heterocycles. The Morgan fingerprint density at radius 3 is 3.18 bits per heavy atom. The number of nitrogens with one attached hydrogen (secondary N) is 1. The number of hydrogen-bond acceptors (Lipinski definition) is 4. The summed E-state index contributed by atoms with van der Waals surface area (Å²) in [6.07, 6.45) is 1.23. The van der Waals surface area contributed by atoms with Crippen LogP contribution in [-0.4, -0.2) is 21.5 Å². The zero-order chi connectivity index (χ0) is 8.27. The molecular formula is C5H7N3O3. The summed E-state index contributed by atoms with van der Waals surface area (Å²) in [6.45, 7) is 2.10. The molecule has 0 spiro atoms. The summed E-state index contributed by atoms with van der Waals surface area (Å²) in [5.74, 6) is -0.163. The minimum absolute atomic E-state index is 0.0394. The van der Waals surface area contributed by atoms with Crippen LogP contribution in [0.1, 0.15) is 6.92 Å². The maximum absolute atomic E-state index is 10.2. The highest BCUT2D eigenvalue weighted by Crippen LogP contribution is 2.20. The Morgan fingerprint density at radius 1 is 1.91 bits per heavy atom. The van der Waals surface area contributed by atoms with Crippen LogP contribution >= 0.6 is 0 Å². The molecule has 0 atom stereocenters. The topological polar surface area (TPSA) is 81.0 Å². The summed E-state index contributed by atoms with van der Waals surface area (Å²) >= 11 is 0. The van der Waals surface area contributed by atoms with Crippen LogP contribution in [0.2, 0.25) is 0 Å². The highest BCUT2D eigenvalue weighted by Gasteiger charge is 2.15. The van der Waals surface area contributed by atoms with Crippen LogP contribution in [-0.2, 0) is 0 Å². The lowest BCUT2D eigenvalue weighted by Crippen LogP contribution is -1.96. The van der Waals surface area contributed by atoms with Crippen molar-refractivity contribution in [2.45, 2.75) is 6.92 Å². The fraction of sp³-hybridized carbons (Fsp3) is 0.400. The highest BCUT2D eigenvalue weighted by molar-refractivity contribution is 5.31. The van der Waals surface area contributed by atoms with Crippen LogP contribution in [0.5, 0.6) is 5.88 Å². The van der Waals surface area contributed by atoms with Crippen molar-refractivity contribution < 1.29 is 9.66 Å². The lowest BCUT2D eigenvalue weighted by Gasteiger charge is -1.96. The molecule has 1 aromatic rings. The average Bonchev–Trinajstić information content (AvgIpc) is 2.36. The second-order valence-electron chi connectivity index (χ2n) is 1.75. The van der Waals surface area contributed by atoms with Crippen molar-refractivity contribution in [2.75, 3.05) is 6.61 Å². The van der Waals surface area contributed by atoms with Crippen LogP contribution in [0.3, 0.4) is 0 Å². The van der Waals surface area contributed by atoms with Crippen molar-refractivity contribution >= 4 is 5.82 Å². The molecule has 1 N–H and O–H groups in total. The predicted molar refractivity (Wildman–Crippen MR) is 36.4 cm³/mol. The van der Waals surface area contributed by atoms with E-state index in [2.05, 4.69) is 9.97 Å². The second kappa shape index (κ2) is 3.00. The van der Waals surface area contributed by atoms with Gasteiger partial charge < -0.3 is 14.9 Å². The summed E-state index contributed by atoms with van der Waals surface area (Å²) in [6, 6.07) is 0. The molecule has 0 aromatic carbocycles. The van der Waals surface area contributed by atoms with E-state index in [9.17, 15) is 10.1 Å². The normalized spacial score (nSPS) is 9.55. The Labute approximate surface area is 62.4 Å². The molecule has 0 saturated heterocycles. The van der Waals surface area contributed by atoms with Gasteiger partial charge in [-0.25, -0.2) is 4.98 Å². The van der Waals surface area contributed by atoms with Gasteiger partial charge in [0.25, 0.3) is 0 Å². The molecule has 60 valence electrons. The van der Waals surface area contributed by atoms with Crippen LogP contribution in [0, 0.1) is 10.1 Å². The lowest BCUT2D eigenvalue weighted by molar-refractivity contribution is -0.390. The van der Waals surface area contributed by atoms with Crippen LogP contribution in [0.4, 0.5) is 5.82 Å². The van der Waals surface area contributed by atoms with Crippen LogP contribution < -0.4 is 4.74 Å². The monoisotopic (exact) mass is 157 g/mol. The van der Waals surface area contributed by atoms with Crippen molar-refractivity contribution in [1.29, 1.82) is 0 Å². The quantitative estimate of drug-likeness (QED) is 0.517. The smallest absolute Gasteiger partial charge is 0.384 e. The van der Waals surface area contributed by atoms with E-state index in [1.54, 1.807) is 6.92 Å². The van der Waals surface area contributed by atoms with Gasteiger partial charge in [-0.15, -0.1) is 0 Å². The van der Waals surface area contributed by atoms with E-state index in [4.69, 9.17) is 4.74 Å². The first-order valence-electron chi connectivity index (χ1n) is 3.06. The lowest BCUT2D eigenvalue weighted by atomic mass is 10.7. The Balaban J connectivity index is 2.87. The Kier molecular flexibility index (Phi) is 2.05. The number of nitrogens with zero attached hydrogens (tertiary/aromatic N) is 2. The Hall–Kier alpha value is -1.59. The predicted octanol–water partition coefficient (Wildman–Crippen LogP) is 0.717. The first-order valence-corrected chi connectivity index (χ1v) is 3.06. The third kappa shape index (κ3) is 1.46. The molecule has 0 aliphatic heterocycles. The van der Waals surface area contributed by atoms with Gasteiger partial charge in [0.2, 0.25) is 0 Å². The van der Waals surface area contributed by atoms with E-state index in [0.717, 1.165) is 0 Å². The largest absolute Gasteiger partial charge is 0.472 e. The van der Waals surface area contributed by atoms with Gasteiger partial charge in [-0.3, -0.25) is 0 Å². The van der Waals surface area contributed by atoms with Gasteiger partial charge in [-0.05, 0) is 11.8 Å². The molecule has 0 saturated carbocycles. The number of rotatable bonds is 3. The molecule has 0 radical (unpaired) electrons. The number of aromatic amines is 1. The Morgan fingerprint density at radius 2 is 2.64 bits per heavy atom. The summed E-state index contributed by atoms with van der Waals surface area (Å²) < 4.78 is 4.85. The molecule has 1 rings (SSSR count). The maximum atomic E-state index is 10.2. The molecule has 0 amide bonds. The zero-order valence-corrected chi connectivity index (χ0v) is 5.90. The van der Waals surface area contributed by atoms with Crippen molar-refractivity contribution in [1.82, 2.24) is 9.97 Å². The number of imidazole rings is 1. The molecule has 0 unspecified atom stereocenters. The number of aromatic nitrogens is 2. The van der Waals surface area contributed by atoms with E-state index in [1.165, 1.54) is 6.33 Å². The molecule has 1 heterocycles. The first kappa shape index (κ1) is 7.52. The third-order valence-corrected chi connectivity index (χ3v) is 1.05. The van der Waals surface area contributed by atoms with E-state index in [0.29, 0.717) is 6.61 Å². The van der Waals surface area contributed by atoms with Crippen LogP contribution in [0.15, 0.2) is 6.33 Å². The molecular weight excluding hydrogens is 150 g/mol. The standard InChI is InChI=1S/C5H7N3O3/c1-2-11-5-4(8(9)10)6-3-7-5/h3H,2H2,1H3,(H,6,7). The van der Waals surface area contributed by atoms with Gasteiger partial charge in [0.15, 0.2) is 6.33 Å². The molecule has 6 heteroatoms. The SMILES string of the molecule is CCOc1nc[nH]c1[N+](=O)[O-]. The second-order valence-corrected chi connectivity index (χ2v) is 1.75. The summed E-state index contributed by atoms with van der Waals surface area (Å²) in [7, 11) is 0. The molecule has 0 fully saturated rings. The first-order chi connectivity index (χ1) is 5.25. The fourth-order valence-electron chi connectivity index (χ4n) is 0.648. The van der Waals surface area contributed by atoms with E-state index in [1.807, 2.05) is 0 Å². The number of hydrogen-bond donors (Lipinski definition) is 1. The van der Waals surface area contributed by atoms with E-state index >= 15 is 0 Å². The molecule has 0 aliphatic rings. The number of H-pyrrole nitrogens is 1. The number of ether oxygens (including phenoxy) is 1. The van der Waals surface area contributed by atoms with Crippen molar-refractivity contribution in [3.63, 3.8) is 0 Å². The van der Waals surface area contributed by atoms with Gasteiger partial charge in [-0.1, -0.05) is 0 Å². The third-order valence-electron chi connectivity index (χ3n) is 1.05. The minimum Gasteiger partial charge on any atom is -0.472 e. The fourth-order valence-corrected chi connectivity index (χ4v) is 0.648.